The number of anilines is 1. The smallest absolute Gasteiger partial charge is 0.288 e. The Morgan fingerprint density at radius 2 is 2.30 bits per heavy atom. The van der Waals surface area contributed by atoms with Crippen molar-refractivity contribution in [3.8, 4) is 0 Å². The number of hydrogen-bond acceptors (Lipinski definition) is 6. The molecule has 0 aliphatic carbocycles. The summed E-state index contributed by atoms with van der Waals surface area (Å²) in [6.07, 6.45) is 1.01. The first kappa shape index (κ1) is 14.2. The van der Waals surface area contributed by atoms with E-state index in [0.717, 1.165) is 17.1 Å². The number of carbonyl (C=O) groups is 1. The number of nitrogens with two attached hydrogens (primary N) is 1. The SMILES string of the molecule is Nc1ncc([N+](=O)[O-])cc1C(=O)NCc1ccc(Cl)s1. The maximum Gasteiger partial charge on any atom is 0.288 e. The third kappa shape index (κ3) is 3.22. The molecular weight excluding hydrogens is 304 g/mol. The fourth-order valence-corrected chi connectivity index (χ4v) is 2.48. The summed E-state index contributed by atoms with van der Waals surface area (Å²) in [5, 5.41) is 13.3. The molecule has 1 amide bonds. The van der Waals surface area contributed by atoms with E-state index in [4.69, 9.17) is 17.3 Å². The highest BCUT2D eigenvalue weighted by atomic mass is 35.5. The van der Waals surface area contributed by atoms with Crippen LogP contribution in [0.4, 0.5) is 11.5 Å². The zero-order valence-electron chi connectivity index (χ0n) is 10.00. The first-order valence-electron chi connectivity index (χ1n) is 5.39. The molecule has 0 saturated carbocycles. The van der Waals surface area contributed by atoms with E-state index >= 15 is 0 Å². The van der Waals surface area contributed by atoms with Crippen LogP contribution < -0.4 is 11.1 Å². The average molecular weight is 313 g/mol. The van der Waals surface area contributed by atoms with Gasteiger partial charge in [-0.2, -0.15) is 0 Å². The molecule has 2 heterocycles. The lowest BCUT2D eigenvalue weighted by Gasteiger charge is -2.05. The molecular formula is C11H9ClN4O3S. The monoisotopic (exact) mass is 312 g/mol. The standard InChI is InChI=1S/C11H9ClN4O3S/c12-9-2-1-7(20-9)5-15-11(17)8-3-6(16(18)19)4-14-10(8)13/h1-4H,5H2,(H2,13,14)(H,15,17). The number of nitrogen functional groups attached to an aromatic ring is 1. The van der Waals surface area contributed by atoms with Crippen molar-refractivity contribution in [2.75, 3.05) is 5.73 Å². The quantitative estimate of drug-likeness (QED) is 0.664. The van der Waals surface area contributed by atoms with Gasteiger partial charge in [0.1, 0.15) is 12.0 Å². The summed E-state index contributed by atoms with van der Waals surface area (Å²) in [5.41, 5.74) is 5.24. The number of rotatable bonds is 4. The highest BCUT2D eigenvalue weighted by Crippen LogP contribution is 2.21. The Balaban J connectivity index is 2.12. The second-order valence-electron chi connectivity index (χ2n) is 3.77. The number of hydrogen-bond donors (Lipinski definition) is 2. The Labute approximate surface area is 122 Å². The predicted molar refractivity (Wildman–Crippen MR) is 75.8 cm³/mol. The lowest BCUT2D eigenvalue weighted by molar-refractivity contribution is -0.385. The molecule has 0 bridgehead atoms. The van der Waals surface area contributed by atoms with Crippen LogP contribution >= 0.6 is 22.9 Å². The first-order valence-corrected chi connectivity index (χ1v) is 6.59. The van der Waals surface area contributed by atoms with Crippen LogP contribution in [0.5, 0.6) is 0 Å². The average Bonchev–Trinajstić information content (AvgIpc) is 2.82. The van der Waals surface area contributed by atoms with Crippen LogP contribution in [0.25, 0.3) is 0 Å². The van der Waals surface area contributed by atoms with Crippen LogP contribution in [0.15, 0.2) is 24.4 Å². The molecule has 0 radical (unpaired) electrons. The molecule has 0 aliphatic heterocycles. The zero-order valence-corrected chi connectivity index (χ0v) is 11.6. The Bertz CT molecular complexity index is 673. The fraction of sp³-hybridized carbons (Fsp3) is 0.0909. The van der Waals surface area contributed by atoms with E-state index in [1.807, 2.05) is 0 Å². The van der Waals surface area contributed by atoms with Gasteiger partial charge in [0, 0.05) is 10.9 Å². The van der Waals surface area contributed by atoms with Crippen molar-refractivity contribution >= 4 is 40.4 Å². The number of carbonyl (C=O) groups excluding carboxylic acids is 1. The number of aromatic nitrogens is 1. The Morgan fingerprint density at radius 3 is 2.90 bits per heavy atom. The van der Waals surface area contributed by atoms with E-state index in [9.17, 15) is 14.9 Å². The van der Waals surface area contributed by atoms with Crippen molar-refractivity contribution in [3.63, 3.8) is 0 Å². The summed E-state index contributed by atoms with van der Waals surface area (Å²) in [6, 6.07) is 4.60. The van der Waals surface area contributed by atoms with Crippen LogP contribution in [-0.2, 0) is 6.54 Å². The Morgan fingerprint density at radius 1 is 1.55 bits per heavy atom. The van der Waals surface area contributed by atoms with Crippen LogP contribution in [-0.4, -0.2) is 15.8 Å². The molecule has 0 spiro atoms. The molecule has 2 aromatic heterocycles. The zero-order chi connectivity index (χ0) is 14.7. The molecule has 2 rings (SSSR count). The minimum atomic E-state index is -0.637. The number of halogens is 1. The van der Waals surface area contributed by atoms with Gasteiger partial charge in [-0.3, -0.25) is 14.9 Å². The lowest BCUT2D eigenvalue weighted by Crippen LogP contribution is -2.23. The maximum absolute atomic E-state index is 11.9. The van der Waals surface area contributed by atoms with Gasteiger partial charge in [0.25, 0.3) is 11.6 Å². The van der Waals surface area contributed by atoms with Gasteiger partial charge in [0.05, 0.1) is 21.4 Å². The fourth-order valence-electron chi connectivity index (χ4n) is 1.46. The predicted octanol–water partition coefficient (Wildman–Crippen LogP) is 2.22. The first-order chi connectivity index (χ1) is 9.47. The summed E-state index contributed by atoms with van der Waals surface area (Å²) >= 11 is 7.11. The van der Waals surface area contributed by atoms with Crippen LogP contribution in [0, 0.1) is 10.1 Å². The third-order valence-corrected chi connectivity index (χ3v) is 3.64. The molecule has 0 fully saturated rings. The van der Waals surface area contributed by atoms with Crippen LogP contribution in [0.1, 0.15) is 15.2 Å². The molecule has 0 aliphatic rings. The van der Waals surface area contributed by atoms with Crippen molar-refractivity contribution < 1.29 is 9.72 Å². The largest absolute Gasteiger partial charge is 0.383 e. The van der Waals surface area contributed by atoms with Gasteiger partial charge in [-0.15, -0.1) is 11.3 Å². The maximum atomic E-state index is 11.9. The van der Waals surface area contributed by atoms with E-state index in [-0.39, 0.29) is 23.6 Å². The van der Waals surface area contributed by atoms with E-state index in [2.05, 4.69) is 10.3 Å². The molecule has 3 N–H and O–H groups in total. The van der Waals surface area contributed by atoms with Crippen molar-refractivity contribution in [2.24, 2.45) is 0 Å². The Hall–Kier alpha value is -2.19. The number of amides is 1. The molecule has 9 heteroatoms. The van der Waals surface area contributed by atoms with Gasteiger partial charge in [0.2, 0.25) is 0 Å². The molecule has 0 aromatic carbocycles. The normalized spacial score (nSPS) is 10.2. The molecule has 104 valence electrons. The molecule has 0 atom stereocenters. The van der Waals surface area contributed by atoms with Gasteiger partial charge < -0.3 is 11.1 Å². The minimum Gasteiger partial charge on any atom is -0.383 e. The second-order valence-corrected chi connectivity index (χ2v) is 5.57. The summed E-state index contributed by atoms with van der Waals surface area (Å²) < 4.78 is 0.616. The van der Waals surface area contributed by atoms with E-state index in [1.54, 1.807) is 12.1 Å². The summed E-state index contributed by atoms with van der Waals surface area (Å²) in [7, 11) is 0. The second kappa shape index (κ2) is 5.85. The highest BCUT2D eigenvalue weighted by molar-refractivity contribution is 7.16. The number of nitro groups is 1. The number of nitrogens with zero attached hydrogens (tertiary/aromatic N) is 2. The van der Waals surface area contributed by atoms with Gasteiger partial charge in [-0.05, 0) is 12.1 Å². The summed E-state index contributed by atoms with van der Waals surface area (Å²) in [5.74, 6) is -0.583. The van der Waals surface area contributed by atoms with Gasteiger partial charge in [-0.25, -0.2) is 4.98 Å². The molecule has 0 saturated heterocycles. The number of thiophene rings is 1. The summed E-state index contributed by atoms with van der Waals surface area (Å²) in [4.78, 5) is 26.4. The minimum absolute atomic E-state index is 0.0261. The van der Waals surface area contributed by atoms with Crippen LogP contribution in [0.2, 0.25) is 4.34 Å². The molecule has 0 unspecified atom stereocenters. The third-order valence-electron chi connectivity index (χ3n) is 2.41. The highest BCUT2D eigenvalue weighted by Gasteiger charge is 2.16. The topological polar surface area (TPSA) is 111 Å². The van der Waals surface area contributed by atoms with Crippen molar-refractivity contribution in [3.05, 3.63) is 49.3 Å². The van der Waals surface area contributed by atoms with Crippen LogP contribution in [0.3, 0.4) is 0 Å². The van der Waals surface area contributed by atoms with Crippen molar-refractivity contribution in [1.29, 1.82) is 0 Å². The molecule has 7 nitrogen and oxygen atoms in total. The van der Waals surface area contributed by atoms with E-state index < -0.39 is 10.8 Å². The van der Waals surface area contributed by atoms with Gasteiger partial charge >= 0.3 is 0 Å². The lowest BCUT2D eigenvalue weighted by atomic mass is 10.2. The van der Waals surface area contributed by atoms with E-state index in [1.165, 1.54) is 11.3 Å². The van der Waals surface area contributed by atoms with E-state index in [0.29, 0.717) is 4.34 Å². The van der Waals surface area contributed by atoms with Gasteiger partial charge in [-0.1, -0.05) is 11.6 Å². The van der Waals surface area contributed by atoms with Crippen molar-refractivity contribution in [1.82, 2.24) is 10.3 Å². The number of pyridine rings is 1. The van der Waals surface area contributed by atoms with Gasteiger partial charge in [0.15, 0.2) is 0 Å². The molecule has 20 heavy (non-hydrogen) atoms. The Kier molecular flexibility index (Phi) is 4.16. The molecule has 2 aromatic rings. The number of nitrogens with one attached hydrogen (secondary N) is 1. The summed E-state index contributed by atoms with van der Waals surface area (Å²) in [6.45, 7) is 0.262. The van der Waals surface area contributed by atoms with Crippen molar-refractivity contribution in [2.45, 2.75) is 6.54 Å².